The predicted octanol–water partition coefficient (Wildman–Crippen LogP) is 3.14. The Bertz CT molecular complexity index is 1380. The van der Waals surface area contributed by atoms with E-state index in [0.29, 0.717) is 17.3 Å². The second kappa shape index (κ2) is 12.3. The Morgan fingerprint density at radius 1 is 0.895 bits per heavy atom. The van der Waals surface area contributed by atoms with Crippen LogP contribution in [0.5, 0.6) is 0 Å². The summed E-state index contributed by atoms with van der Waals surface area (Å²) in [5.74, 6) is -0.939. The van der Waals surface area contributed by atoms with Crippen molar-refractivity contribution in [1.29, 1.82) is 0 Å². The Labute approximate surface area is 228 Å². The molecule has 9 nitrogen and oxygen atoms in total. The summed E-state index contributed by atoms with van der Waals surface area (Å²) in [6, 6.07) is 22.3. The molecule has 1 heterocycles. The van der Waals surface area contributed by atoms with Gasteiger partial charge in [-0.3, -0.25) is 29.6 Å². The lowest BCUT2D eigenvalue weighted by Crippen LogP contribution is -2.48. The Balaban J connectivity index is 1.26. The van der Waals surface area contributed by atoms with Crippen molar-refractivity contribution in [2.24, 2.45) is 0 Å². The molecular formula is C27H30ClN5O4S. The van der Waals surface area contributed by atoms with Crippen molar-refractivity contribution in [2.45, 2.75) is 11.3 Å². The fourth-order valence-corrected chi connectivity index (χ4v) is 5.57. The summed E-state index contributed by atoms with van der Waals surface area (Å²) in [4.78, 5) is 29.4. The van der Waals surface area contributed by atoms with E-state index < -0.39 is 15.9 Å². The molecule has 1 aliphatic heterocycles. The van der Waals surface area contributed by atoms with Crippen LogP contribution in [0, 0.1) is 0 Å². The number of anilines is 2. The van der Waals surface area contributed by atoms with E-state index in [1.807, 2.05) is 18.2 Å². The van der Waals surface area contributed by atoms with E-state index >= 15 is 0 Å². The summed E-state index contributed by atoms with van der Waals surface area (Å²) in [5.41, 5.74) is 6.47. The zero-order valence-electron chi connectivity index (χ0n) is 21.0. The molecule has 2 amide bonds. The first-order valence-electron chi connectivity index (χ1n) is 12.2. The van der Waals surface area contributed by atoms with Crippen LogP contribution < -0.4 is 20.1 Å². The fourth-order valence-electron chi connectivity index (χ4n) is 4.16. The van der Waals surface area contributed by atoms with Gasteiger partial charge in [0.1, 0.15) is 0 Å². The third-order valence-electron chi connectivity index (χ3n) is 6.39. The van der Waals surface area contributed by atoms with Gasteiger partial charge in [0.05, 0.1) is 10.6 Å². The normalized spacial score (nSPS) is 14.1. The highest BCUT2D eigenvalue weighted by Gasteiger charge is 2.23. The average molecular weight is 556 g/mol. The number of nitrogens with zero attached hydrogens (tertiary/aromatic N) is 3. The van der Waals surface area contributed by atoms with Gasteiger partial charge in [0.2, 0.25) is 5.91 Å². The monoisotopic (exact) mass is 555 g/mol. The quantitative estimate of drug-likeness (QED) is 0.414. The number of sulfonamides is 1. The number of hydrogen-bond acceptors (Lipinski definition) is 6. The van der Waals surface area contributed by atoms with Crippen molar-refractivity contribution in [3.8, 4) is 0 Å². The van der Waals surface area contributed by atoms with Crippen LogP contribution in [0.4, 0.5) is 11.4 Å². The maximum absolute atomic E-state index is 13.1. The van der Waals surface area contributed by atoms with Gasteiger partial charge in [-0.05, 0) is 48.5 Å². The Morgan fingerprint density at radius 3 is 2.32 bits per heavy atom. The van der Waals surface area contributed by atoms with E-state index in [1.54, 1.807) is 18.2 Å². The summed E-state index contributed by atoms with van der Waals surface area (Å²) in [5, 5.41) is 0.405. The molecule has 38 heavy (non-hydrogen) atoms. The van der Waals surface area contributed by atoms with Crippen LogP contribution in [0.25, 0.3) is 0 Å². The molecule has 0 spiro atoms. The van der Waals surface area contributed by atoms with Crippen molar-refractivity contribution >= 4 is 44.8 Å². The molecule has 0 aromatic heterocycles. The van der Waals surface area contributed by atoms with Gasteiger partial charge >= 0.3 is 0 Å². The van der Waals surface area contributed by atoms with E-state index in [2.05, 4.69) is 32.8 Å². The molecule has 0 aliphatic carbocycles. The van der Waals surface area contributed by atoms with Gasteiger partial charge < -0.3 is 4.90 Å². The summed E-state index contributed by atoms with van der Waals surface area (Å²) in [6.07, 6.45) is 0.227. The van der Waals surface area contributed by atoms with Crippen LogP contribution in [0.3, 0.4) is 0 Å². The molecule has 0 bridgehead atoms. The lowest BCUT2D eigenvalue weighted by Gasteiger charge is -2.36. The molecule has 3 aromatic rings. The molecule has 4 rings (SSSR count). The zero-order chi connectivity index (χ0) is 27.1. The topological polar surface area (TPSA) is 102 Å². The smallest absolute Gasteiger partial charge is 0.269 e. The first-order valence-corrected chi connectivity index (χ1v) is 14.0. The minimum Gasteiger partial charge on any atom is -0.369 e. The van der Waals surface area contributed by atoms with Crippen LogP contribution in [0.15, 0.2) is 83.8 Å². The van der Waals surface area contributed by atoms with Crippen molar-refractivity contribution in [1.82, 2.24) is 15.8 Å². The number of benzene rings is 3. The van der Waals surface area contributed by atoms with E-state index in [-0.39, 0.29) is 22.8 Å². The lowest BCUT2D eigenvalue weighted by molar-refractivity contribution is -0.122. The summed E-state index contributed by atoms with van der Waals surface area (Å²) in [6.45, 7) is 4.04. The second-order valence-corrected chi connectivity index (χ2v) is 11.3. The molecule has 0 unspecified atom stereocenters. The number of hydrogen-bond donors (Lipinski definition) is 2. The third-order valence-corrected chi connectivity index (χ3v) is 8.41. The maximum Gasteiger partial charge on any atom is 0.269 e. The zero-order valence-corrected chi connectivity index (χ0v) is 22.6. The van der Waals surface area contributed by atoms with Crippen molar-refractivity contribution in [2.75, 3.05) is 49.0 Å². The van der Waals surface area contributed by atoms with Crippen molar-refractivity contribution < 1.29 is 18.0 Å². The standard InChI is InChI=1S/C27H30ClN5O4S/c1-31(24-11-6-8-22(28)20-24)38(36,37)25-12-5-7-21(19-25)27(35)30-29-26(34)13-14-32-15-17-33(18-16-32)23-9-3-2-4-10-23/h2-12,19-20H,13-18H2,1H3,(H,29,34)(H,30,35). The van der Waals surface area contributed by atoms with Crippen molar-refractivity contribution in [3.63, 3.8) is 0 Å². The molecule has 200 valence electrons. The highest BCUT2D eigenvalue weighted by molar-refractivity contribution is 7.92. The molecule has 3 aromatic carbocycles. The first-order chi connectivity index (χ1) is 18.2. The number of halogens is 1. The fraction of sp³-hybridized carbons (Fsp3) is 0.259. The van der Waals surface area contributed by atoms with E-state index in [9.17, 15) is 18.0 Å². The predicted molar refractivity (Wildman–Crippen MR) is 149 cm³/mol. The highest BCUT2D eigenvalue weighted by Crippen LogP contribution is 2.25. The minimum absolute atomic E-state index is 0.0615. The SMILES string of the molecule is CN(c1cccc(Cl)c1)S(=O)(=O)c1cccc(C(=O)NNC(=O)CCN2CCN(c3ccccc3)CC2)c1. The molecule has 1 aliphatic rings. The number of carbonyl (C=O) groups excluding carboxylic acids is 2. The number of hydrazine groups is 1. The number of nitrogens with one attached hydrogen (secondary N) is 2. The van der Waals surface area contributed by atoms with Gasteiger partial charge in [-0.1, -0.05) is 41.9 Å². The van der Waals surface area contributed by atoms with Crippen LogP contribution in [0.1, 0.15) is 16.8 Å². The molecule has 2 N–H and O–H groups in total. The van der Waals surface area contributed by atoms with Crippen LogP contribution in [-0.2, 0) is 14.8 Å². The van der Waals surface area contributed by atoms with Gasteiger partial charge in [0, 0.05) is 62.5 Å². The number of para-hydroxylation sites is 1. The second-order valence-electron chi connectivity index (χ2n) is 8.90. The average Bonchev–Trinajstić information content (AvgIpc) is 2.95. The maximum atomic E-state index is 13.1. The first kappa shape index (κ1) is 27.4. The van der Waals surface area contributed by atoms with Crippen LogP contribution >= 0.6 is 11.6 Å². The van der Waals surface area contributed by atoms with Gasteiger partial charge in [-0.2, -0.15) is 0 Å². The third kappa shape index (κ3) is 6.83. The van der Waals surface area contributed by atoms with Crippen LogP contribution in [-0.4, -0.2) is 64.9 Å². The Morgan fingerprint density at radius 2 is 1.61 bits per heavy atom. The van der Waals surface area contributed by atoms with E-state index in [0.717, 1.165) is 30.5 Å². The molecule has 0 saturated carbocycles. The van der Waals surface area contributed by atoms with Gasteiger partial charge in [-0.15, -0.1) is 0 Å². The largest absolute Gasteiger partial charge is 0.369 e. The minimum atomic E-state index is -3.94. The molecule has 0 radical (unpaired) electrons. The Hall–Kier alpha value is -3.60. The number of piperazine rings is 1. The lowest BCUT2D eigenvalue weighted by atomic mass is 10.2. The summed E-state index contributed by atoms with van der Waals surface area (Å²) < 4.78 is 27.3. The number of amides is 2. The van der Waals surface area contributed by atoms with Gasteiger partial charge in [0.25, 0.3) is 15.9 Å². The molecule has 1 saturated heterocycles. The molecule has 11 heteroatoms. The Kier molecular flexibility index (Phi) is 8.88. The van der Waals surface area contributed by atoms with Crippen LogP contribution in [0.2, 0.25) is 5.02 Å². The van der Waals surface area contributed by atoms with E-state index in [1.165, 1.54) is 43.1 Å². The molecule has 1 fully saturated rings. The molecular weight excluding hydrogens is 526 g/mol. The summed E-state index contributed by atoms with van der Waals surface area (Å²) >= 11 is 5.99. The summed E-state index contributed by atoms with van der Waals surface area (Å²) in [7, 11) is -2.53. The van der Waals surface area contributed by atoms with Gasteiger partial charge in [-0.25, -0.2) is 8.42 Å². The van der Waals surface area contributed by atoms with Gasteiger partial charge in [0.15, 0.2) is 0 Å². The number of rotatable bonds is 8. The molecule has 0 atom stereocenters. The van der Waals surface area contributed by atoms with E-state index in [4.69, 9.17) is 11.6 Å². The van der Waals surface area contributed by atoms with Crippen molar-refractivity contribution in [3.05, 3.63) is 89.4 Å². The number of carbonyl (C=O) groups is 2. The highest BCUT2D eigenvalue weighted by atomic mass is 35.5.